The van der Waals surface area contributed by atoms with Gasteiger partial charge in [0.25, 0.3) is 0 Å². The lowest BCUT2D eigenvalue weighted by Gasteiger charge is -2.12. The van der Waals surface area contributed by atoms with E-state index in [4.69, 9.17) is 0 Å². The number of amidine groups is 2. The van der Waals surface area contributed by atoms with Crippen molar-refractivity contribution in [3.8, 4) is 0 Å². The fraction of sp³-hybridized carbons (Fsp3) is 0.857. The zero-order valence-electron chi connectivity index (χ0n) is 13.5. The Morgan fingerprint density at radius 1 is 0.783 bits per heavy atom. The van der Waals surface area contributed by atoms with Crippen LogP contribution in [0.5, 0.6) is 0 Å². The minimum atomic E-state index is -3.53. The van der Waals surface area contributed by atoms with Gasteiger partial charge in [-0.25, -0.2) is 9.44 Å². The number of hydrogen-bond acceptors (Lipinski definition) is 6. The molecule has 0 spiro atoms. The molecule has 0 amide bonds. The first-order valence-corrected chi connectivity index (χ1v) is 9.95. The maximum absolute atomic E-state index is 11.7. The van der Waals surface area contributed by atoms with Gasteiger partial charge in [0.2, 0.25) is 0 Å². The minimum absolute atomic E-state index is 0.352. The Balaban J connectivity index is 1.54. The summed E-state index contributed by atoms with van der Waals surface area (Å²) in [4.78, 5) is 13.5. The van der Waals surface area contributed by atoms with E-state index in [0.29, 0.717) is 24.8 Å². The third-order valence-corrected chi connectivity index (χ3v) is 5.38. The van der Waals surface area contributed by atoms with Crippen LogP contribution in [0.25, 0.3) is 0 Å². The molecule has 130 valence electrons. The molecule has 3 aliphatic rings. The summed E-state index contributed by atoms with van der Waals surface area (Å²) in [5.74, 6) is 0.705. The Morgan fingerprint density at radius 3 is 1.57 bits per heavy atom. The number of nitrogens with one attached hydrogen (secondary N) is 2. The fourth-order valence-electron chi connectivity index (χ4n) is 3.21. The van der Waals surface area contributed by atoms with E-state index in [-0.39, 0.29) is 0 Å². The van der Waals surface area contributed by atoms with Crippen LogP contribution in [0.2, 0.25) is 0 Å². The van der Waals surface area contributed by atoms with Crippen molar-refractivity contribution in [1.82, 2.24) is 19.2 Å². The first-order chi connectivity index (χ1) is 11.1. The predicted octanol–water partition coefficient (Wildman–Crippen LogP) is -0.587. The summed E-state index contributed by atoms with van der Waals surface area (Å²) in [7, 11) is -3.53. The van der Waals surface area contributed by atoms with E-state index in [1.54, 1.807) is 0 Å². The van der Waals surface area contributed by atoms with Crippen molar-refractivity contribution < 1.29 is 8.42 Å². The molecule has 0 saturated carbocycles. The summed E-state index contributed by atoms with van der Waals surface area (Å²) in [6.07, 6.45) is 4.98. The molecule has 9 heteroatoms. The first kappa shape index (κ1) is 16.7. The molecule has 3 fully saturated rings. The van der Waals surface area contributed by atoms with Crippen LogP contribution in [0.3, 0.4) is 0 Å². The first-order valence-electron chi connectivity index (χ1n) is 8.47. The molecule has 3 rings (SSSR count). The van der Waals surface area contributed by atoms with Gasteiger partial charge in [-0.3, -0.25) is 9.98 Å². The molecule has 0 aromatic carbocycles. The molecule has 0 aromatic heterocycles. The largest absolute Gasteiger partial charge is 0.324 e. The van der Waals surface area contributed by atoms with Gasteiger partial charge in [-0.15, -0.1) is 0 Å². The second kappa shape index (κ2) is 7.59. The van der Waals surface area contributed by atoms with Crippen molar-refractivity contribution >= 4 is 21.9 Å². The zero-order valence-corrected chi connectivity index (χ0v) is 14.3. The highest BCUT2D eigenvalue weighted by atomic mass is 32.2. The summed E-state index contributed by atoms with van der Waals surface area (Å²) in [5, 5.41) is 0. The number of nitrogens with zero attached hydrogens (tertiary/aromatic N) is 4. The Kier molecular flexibility index (Phi) is 5.50. The zero-order chi connectivity index (χ0) is 16.1. The maximum Gasteiger partial charge on any atom is 0.324 e. The van der Waals surface area contributed by atoms with Gasteiger partial charge in [0.05, 0.1) is 13.1 Å². The van der Waals surface area contributed by atoms with E-state index in [1.807, 2.05) is 0 Å². The highest BCUT2D eigenvalue weighted by Crippen LogP contribution is 2.07. The lowest BCUT2D eigenvalue weighted by molar-refractivity contribution is 0.349. The Morgan fingerprint density at radius 2 is 1.17 bits per heavy atom. The lowest BCUT2D eigenvalue weighted by atomic mass is 10.4. The number of hydrogen-bond donors (Lipinski definition) is 2. The Bertz CT molecular complexity index is 518. The number of likely N-dealkylation sites (tertiary alicyclic amines) is 2. The molecule has 0 radical (unpaired) electrons. The maximum atomic E-state index is 11.7. The van der Waals surface area contributed by atoms with Gasteiger partial charge in [0.15, 0.2) is 11.7 Å². The van der Waals surface area contributed by atoms with Gasteiger partial charge in [-0.2, -0.15) is 8.42 Å². The smallest absolute Gasteiger partial charge is 0.301 e. The molecule has 8 nitrogen and oxygen atoms in total. The molecule has 0 aliphatic carbocycles. The van der Waals surface area contributed by atoms with Crippen LogP contribution in [0, 0.1) is 0 Å². The summed E-state index contributed by atoms with van der Waals surface area (Å²) < 4.78 is 28.2. The van der Waals surface area contributed by atoms with E-state index < -0.39 is 10.2 Å². The Labute approximate surface area is 138 Å². The molecule has 3 aliphatic heterocycles. The van der Waals surface area contributed by atoms with Gasteiger partial charge in [0.1, 0.15) is 0 Å². The van der Waals surface area contributed by atoms with Gasteiger partial charge in [0, 0.05) is 13.1 Å². The Hall–Kier alpha value is -1.19. The highest BCUT2D eigenvalue weighted by Gasteiger charge is 2.28. The van der Waals surface area contributed by atoms with Crippen LogP contribution in [-0.2, 0) is 10.2 Å². The number of rotatable bonds is 6. The van der Waals surface area contributed by atoms with E-state index in [2.05, 4.69) is 29.2 Å². The molecule has 0 bridgehead atoms. The van der Waals surface area contributed by atoms with Crippen molar-refractivity contribution in [2.75, 3.05) is 52.4 Å². The van der Waals surface area contributed by atoms with E-state index in [1.165, 1.54) is 25.7 Å². The second-order valence-corrected chi connectivity index (χ2v) is 7.68. The molecule has 3 saturated heterocycles. The summed E-state index contributed by atoms with van der Waals surface area (Å²) >= 11 is 0. The summed E-state index contributed by atoms with van der Waals surface area (Å²) in [6.45, 7) is 7.38. The fourth-order valence-corrected chi connectivity index (χ4v) is 4.09. The van der Waals surface area contributed by atoms with E-state index in [9.17, 15) is 8.42 Å². The second-order valence-electron chi connectivity index (χ2n) is 6.27. The molecule has 23 heavy (non-hydrogen) atoms. The average Bonchev–Trinajstić information content (AvgIpc) is 3.21. The van der Waals surface area contributed by atoms with Crippen LogP contribution in [0.4, 0.5) is 0 Å². The topological polar surface area (TPSA) is 89.4 Å². The van der Waals surface area contributed by atoms with Crippen LogP contribution in [0.15, 0.2) is 9.98 Å². The predicted molar refractivity (Wildman–Crippen MR) is 91.1 cm³/mol. The normalized spacial score (nSPS) is 28.5. The van der Waals surface area contributed by atoms with Crippen LogP contribution in [-0.4, -0.2) is 82.2 Å². The third kappa shape index (κ3) is 4.89. The molecule has 0 atom stereocenters. The minimum Gasteiger partial charge on any atom is -0.301 e. The van der Waals surface area contributed by atoms with Gasteiger partial charge >= 0.3 is 10.2 Å². The quantitative estimate of drug-likeness (QED) is 0.675. The van der Waals surface area contributed by atoms with Crippen molar-refractivity contribution in [3.05, 3.63) is 0 Å². The van der Waals surface area contributed by atoms with Crippen LogP contribution >= 0.6 is 0 Å². The molecule has 0 aromatic rings. The molecule has 3 heterocycles. The van der Waals surface area contributed by atoms with Gasteiger partial charge in [-0.05, 0) is 51.9 Å². The SMILES string of the molecule is O=S1(=O)NC(=NCCN2CCCC2)C(=NCCN2CCCC2)N1. The third-order valence-electron chi connectivity index (χ3n) is 4.46. The molecular weight excluding hydrogens is 316 g/mol. The molecule has 2 N–H and O–H groups in total. The summed E-state index contributed by atoms with van der Waals surface area (Å²) in [5.41, 5.74) is 0. The number of aliphatic imine (C=N–C) groups is 2. The highest BCUT2D eigenvalue weighted by molar-refractivity contribution is 7.89. The van der Waals surface area contributed by atoms with Crippen molar-refractivity contribution in [1.29, 1.82) is 0 Å². The van der Waals surface area contributed by atoms with E-state index in [0.717, 1.165) is 39.3 Å². The molecule has 0 unspecified atom stereocenters. The van der Waals surface area contributed by atoms with E-state index >= 15 is 0 Å². The lowest BCUT2D eigenvalue weighted by Crippen LogP contribution is -2.28. The van der Waals surface area contributed by atoms with Gasteiger partial charge in [-0.1, -0.05) is 0 Å². The van der Waals surface area contributed by atoms with Gasteiger partial charge < -0.3 is 9.80 Å². The summed E-state index contributed by atoms with van der Waals surface area (Å²) in [6, 6.07) is 0. The van der Waals surface area contributed by atoms with Crippen molar-refractivity contribution in [2.45, 2.75) is 25.7 Å². The molecular formula is C14H26N6O2S. The van der Waals surface area contributed by atoms with Crippen LogP contribution < -0.4 is 9.44 Å². The van der Waals surface area contributed by atoms with Crippen molar-refractivity contribution in [2.24, 2.45) is 9.98 Å². The standard InChI is InChI=1S/C14H26N6O2S/c21-23(22)17-13(15-5-11-19-7-1-2-8-19)14(18-23)16-6-12-20-9-3-4-10-20/h1-12H2,(H,15,17)(H,16,18). The van der Waals surface area contributed by atoms with Crippen molar-refractivity contribution in [3.63, 3.8) is 0 Å². The average molecular weight is 342 g/mol. The monoisotopic (exact) mass is 342 g/mol. The van der Waals surface area contributed by atoms with Crippen LogP contribution in [0.1, 0.15) is 25.7 Å².